The van der Waals surface area contributed by atoms with Crippen LogP contribution in [0.25, 0.3) is 0 Å². The van der Waals surface area contributed by atoms with E-state index in [2.05, 4.69) is 20.8 Å². The average molecular weight is 473 g/mol. The summed E-state index contributed by atoms with van der Waals surface area (Å²) in [5.74, 6) is 1.29. The Morgan fingerprint density at radius 3 is 2.50 bits per heavy atom. The fraction of sp³-hybridized carbons (Fsp3) is 0.261. The number of carbonyl (C=O) groups is 1. The molecule has 2 aromatic carbocycles. The van der Waals surface area contributed by atoms with Crippen LogP contribution in [0.5, 0.6) is 5.75 Å². The van der Waals surface area contributed by atoms with E-state index in [9.17, 15) is 9.18 Å². The summed E-state index contributed by atoms with van der Waals surface area (Å²) in [6, 6.07) is 17.8. The van der Waals surface area contributed by atoms with E-state index >= 15 is 0 Å². The third-order valence-corrected chi connectivity index (χ3v) is 5.75. The van der Waals surface area contributed by atoms with Gasteiger partial charge in [0.2, 0.25) is 0 Å². The maximum Gasteiger partial charge on any atom is 0.289 e. The second-order valence-corrected chi connectivity index (χ2v) is 8.00. The molecule has 1 aliphatic rings. The number of para-hydroxylation sites is 1. The minimum absolute atomic E-state index is 0.132. The van der Waals surface area contributed by atoms with Gasteiger partial charge in [-0.15, -0.1) is 0 Å². The molecule has 0 spiro atoms. The molecule has 5 nitrogen and oxygen atoms in total. The summed E-state index contributed by atoms with van der Waals surface area (Å²) >= 11 is 3.44. The Labute approximate surface area is 183 Å². The molecule has 0 N–H and O–H groups in total. The van der Waals surface area contributed by atoms with Crippen LogP contribution in [-0.2, 0) is 13.2 Å². The van der Waals surface area contributed by atoms with Crippen LogP contribution < -0.4 is 4.74 Å². The van der Waals surface area contributed by atoms with Crippen molar-refractivity contribution in [1.29, 1.82) is 0 Å². The molecule has 1 amide bonds. The zero-order valence-corrected chi connectivity index (χ0v) is 18.0. The predicted molar refractivity (Wildman–Crippen MR) is 115 cm³/mol. The van der Waals surface area contributed by atoms with Crippen molar-refractivity contribution in [1.82, 2.24) is 9.80 Å². The minimum atomic E-state index is -0.191. The van der Waals surface area contributed by atoms with Crippen LogP contribution in [0, 0.1) is 5.82 Å². The summed E-state index contributed by atoms with van der Waals surface area (Å²) in [6.45, 7) is 3.34. The van der Waals surface area contributed by atoms with Crippen molar-refractivity contribution in [2.24, 2.45) is 0 Å². The number of halogens is 2. The molecule has 1 saturated heterocycles. The average Bonchev–Trinajstić information content (AvgIpc) is 3.24. The first kappa shape index (κ1) is 20.6. The molecule has 0 atom stereocenters. The SMILES string of the molecule is O=C(c1ccc(COc2ccccc2Br)o1)N1CCN(Cc2ccccc2F)CC1. The highest BCUT2D eigenvalue weighted by atomic mass is 79.9. The molecule has 0 radical (unpaired) electrons. The Bertz CT molecular complexity index is 1010. The maximum atomic E-state index is 13.9. The second-order valence-electron chi connectivity index (χ2n) is 7.14. The Morgan fingerprint density at radius 2 is 1.73 bits per heavy atom. The monoisotopic (exact) mass is 472 g/mol. The first-order chi connectivity index (χ1) is 14.6. The van der Waals surface area contributed by atoms with Crippen LogP contribution in [0.2, 0.25) is 0 Å². The first-order valence-electron chi connectivity index (χ1n) is 9.81. The zero-order chi connectivity index (χ0) is 20.9. The third-order valence-electron chi connectivity index (χ3n) is 5.09. The quantitative estimate of drug-likeness (QED) is 0.520. The molecular weight excluding hydrogens is 451 g/mol. The highest BCUT2D eigenvalue weighted by molar-refractivity contribution is 9.10. The lowest BCUT2D eigenvalue weighted by atomic mass is 10.2. The predicted octanol–water partition coefficient (Wildman–Crippen LogP) is 4.72. The van der Waals surface area contributed by atoms with Crippen LogP contribution in [0.15, 0.2) is 69.6 Å². The molecule has 3 aromatic rings. The number of rotatable bonds is 6. The molecule has 1 fully saturated rings. The Kier molecular flexibility index (Phi) is 6.50. The van der Waals surface area contributed by atoms with Crippen molar-refractivity contribution in [3.8, 4) is 5.75 Å². The number of amides is 1. The van der Waals surface area contributed by atoms with Gasteiger partial charge in [0.05, 0.1) is 4.47 Å². The summed E-state index contributed by atoms with van der Waals surface area (Å²) in [7, 11) is 0. The van der Waals surface area contributed by atoms with Gasteiger partial charge in [-0.2, -0.15) is 0 Å². The first-order valence-corrected chi connectivity index (χ1v) is 10.6. The number of benzene rings is 2. The summed E-state index contributed by atoms with van der Waals surface area (Å²) in [6.07, 6.45) is 0. The zero-order valence-electron chi connectivity index (χ0n) is 16.4. The standard InChI is InChI=1S/C23H22BrFN2O3/c24-19-6-2-4-8-21(19)29-16-18-9-10-22(30-18)23(28)27-13-11-26(12-14-27)15-17-5-1-3-7-20(17)25/h1-10H,11-16H2. The van der Waals surface area contributed by atoms with Crippen molar-refractivity contribution in [3.63, 3.8) is 0 Å². The van der Waals surface area contributed by atoms with Crippen molar-refractivity contribution < 1.29 is 18.3 Å². The van der Waals surface area contributed by atoms with Gasteiger partial charge in [-0.1, -0.05) is 30.3 Å². The fourth-order valence-corrected chi connectivity index (χ4v) is 3.81. The minimum Gasteiger partial charge on any atom is -0.484 e. The van der Waals surface area contributed by atoms with Gasteiger partial charge < -0.3 is 14.1 Å². The fourth-order valence-electron chi connectivity index (χ4n) is 3.41. The molecule has 2 heterocycles. The summed E-state index contributed by atoms with van der Waals surface area (Å²) in [4.78, 5) is 16.7. The Balaban J connectivity index is 1.29. The molecule has 1 aromatic heterocycles. The van der Waals surface area contributed by atoms with Gasteiger partial charge in [0.1, 0.15) is 23.9 Å². The van der Waals surface area contributed by atoms with Crippen LogP contribution in [0.1, 0.15) is 21.9 Å². The Hall–Kier alpha value is -2.64. The largest absolute Gasteiger partial charge is 0.484 e. The number of hydrogen-bond acceptors (Lipinski definition) is 4. The molecule has 0 aliphatic carbocycles. The van der Waals surface area contributed by atoms with E-state index in [1.807, 2.05) is 30.3 Å². The van der Waals surface area contributed by atoms with Crippen molar-refractivity contribution in [2.75, 3.05) is 26.2 Å². The number of hydrogen-bond donors (Lipinski definition) is 0. The number of nitrogens with zero attached hydrogens (tertiary/aromatic N) is 2. The van der Waals surface area contributed by atoms with Crippen LogP contribution in [-0.4, -0.2) is 41.9 Å². The second kappa shape index (κ2) is 9.45. The van der Waals surface area contributed by atoms with Gasteiger partial charge in [0.25, 0.3) is 5.91 Å². The number of carbonyl (C=O) groups excluding carboxylic acids is 1. The lowest BCUT2D eigenvalue weighted by Crippen LogP contribution is -2.48. The molecule has 0 unspecified atom stereocenters. The summed E-state index contributed by atoms with van der Waals surface area (Å²) < 4.78 is 26.2. The maximum absolute atomic E-state index is 13.9. The van der Waals surface area contributed by atoms with Crippen LogP contribution >= 0.6 is 15.9 Å². The molecule has 0 bridgehead atoms. The van der Waals surface area contributed by atoms with E-state index in [0.717, 1.165) is 4.47 Å². The number of furan rings is 1. The normalized spacial score (nSPS) is 14.7. The van der Waals surface area contributed by atoms with Crippen molar-refractivity contribution in [3.05, 3.63) is 88.0 Å². The van der Waals surface area contributed by atoms with Gasteiger partial charge in [-0.3, -0.25) is 9.69 Å². The van der Waals surface area contributed by atoms with Crippen LogP contribution in [0.3, 0.4) is 0 Å². The van der Waals surface area contributed by atoms with E-state index in [4.69, 9.17) is 9.15 Å². The topological polar surface area (TPSA) is 45.9 Å². The van der Waals surface area contributed by atoms with Gasteiger partial charge in [-0.05, 0) is 46.3 Å². The van der Waals surface area contributed by atoms with E-state index < -0.39 is 0 Å². The molecular formula is C23H22BrFN2O3. The third kappa shape index (κ3) is 4.91. The van der Waals surface area contributed by atoms with Gasteiger partial charge in [0, 0.05) is 38.3 Å². The highest BCUT2D eigenvalue weighted by Crippen LogP contribution is 2.25. The van der Waals surface area contributed by atoms with Crippen molar-refractivity contribution >= 4 is 21.8 Å². The van der Waals surface area contributed by atoms with Crippen molar-refractivity contribution in [2.45, 2.75) is 13.2 Å². The molecule has 156 valence electrons. The van der Waals surface area contributed by atoms with Gasteiger partial charge in [0.15, 0.2) is 5.76 Å². The van der Waals surface area contributed by atoms with Crippen LogP contribution in [0.4, 0.5) is 4.39 Å². The summed E-state index contributed by atoms with van der Waals surface area (Å²) in [5.41, 5.74) is 0.679. The van der Waals surface area contributed by atoms with E-state index in [1.54, 1.807) is 29.2 Å². The molecule has 30 heavy (non-hydrogen) atoms. The molecule has 1 aliphatic heterocycles. The molecule has 4 rings (SSSR count). The van der Waals surface area contributed by atoms with E-state index in [1.165, 1.54) is 6.07 Å². The highest BCUT2D eigenvalue weighted by Gasteiger charge is 2.24. The van der Waals surface area contributed by atoms with Gasteiger partial charge in [-0.25, -0.2) is 4.39 Å². The smallest absolute Gasteiger partial charge is 0.289 e. The van der Waals surface area contributed by atoms with Gasteiger partial charge >= 0.3 is 0 Å². The number of piperazine rings is 1. The van der Waals surface area contributed by atoms with E-state index in [-0.39, 0.29) is 18.3 Å². The molecule has 7 heteroatoms. The Morgan fingerprint density at radius 1 is 1.00 bits per heavy atom. The van der Waals surface area contributed by atoms with E-state index in [0.29, 0.717) is 55.6 Å². The lowest BCUT2D eigenvalue weighted by molar-refractivity contribution is 0.0592. The number of ether oxygens (including phenoxy) is 1. The molecule has 0 saturated carbocycles. The summed E-state index contributed by atoms with van der Waals surface area (Å²) in [5, 5.41) is 0. The lowest BCUT2D eigenvalue weighted by Gasteiger charge is -2.34.